The Morgan fingerprint density at radius 3 is 2.68 bits per heavy atom. The van der Waals surface area contributed by atoms with Gasteiger partial charge in [0.1, 0.15) is 0 Å². The standard InChI is InChI=1S/C17H26N2OS.ClH/c1-2-3-10-21-11-9-17(20)19-12-15(16(18)13-19)14-7-5-4-6-8-14;/h4-8,15-16H,2-3,9-13,18H2,1H3;1H/t15-,16+;/m0./s1. The molecule has 1 amide bonds. The van der Waals surface area contributed by atoms with Gasteiger partial charge >= 0.3 is 0 Å². The first-order valence-corrected chi connectivity index (χ1v) is 9.04. The molecule has 1 aromatic carbocycles. The minimum atomic E-state index is 0. The molecule has 1 aromatic rings. The van der Waals surface area contributed by atoms with E-state index < -0.39 is 0 Å². The van der Waals surface area contributed by atoms with Crippen molar-refractivity contribution in [3.8, 4) is 0 Å². The maximum atomic E-state index is 12.3. The van der Waals surface area contributed by atoms with Crippen LogP contribution in [0.3, 0.4) is 0 Å². The van der Waals surface area contributed by atoms with Gasteiger partial charge in [0.25, 0.3) is 0 Å². The van der Waals surface area contributed by atoms with Crippen LogP contribution in [0.5, 0.6) is 0 Å². The molecule has 2 N–H and O–H groups in total. The number of halogens is 1. The van der Waals surface area contributed by atoms with Gasteiger partial charge in [-0.3, -0.25) is 4.79 Å². The van der Waals surface area contributed by atoms with Gasteiger partial charge in [0.2, 0.25) is 5.91 Å². The highest BCUT2D eigenvalue weighted by atomic mass is 35.5. The summed E-state index contributed by atoms with van der Waals surface area (Å²) in [4.78, 5) is 14.2. The molecule has 1 fully saturated rings. The van der Waals surface area contributed by atoms with Crippen LogP contribution in [0.1, 0.15) is 37.7 Å². The highest BCUT2D eigenvalue weighted by Crippen LogP contribution is 2.26. The zero-order valence-electron chi connectivity index (χ0n) is 13.2. The van der Waals surface area contributed by atoms with Crippen molar-refractivity contribution in [1.29, 1.82) is 0 Å². The van der Waals surface area contributed by atoms with Gasteiger partial charge in [-0.1, -0.05) is 43.7 Å². The number of unbranched alkanes of at least 4 members (excludes halogenated alkanes) is 1. The van der Waals surface area contributed by atoms with Gasteiger partial charge in [-0.25, -0.2) is 0 Å². The number of carbonyl (C=O) groups excluding carboxylic acids is 1. The Balaban J connectivity index is 0.00000242. The highest BCUT2D eigenvalue weighted by molar-refractivity contribution is 7.99. The molecule has 1 aliphatic rings. The second-order valence-electron chi connectivity index (χ2n) is 5.70. The predicted molar refractivity (Wildman–Crippen MR) is 97.8 cm³/mol. The fourth-order valence-electron chi connectivity index (χ4n) is 2.75. The van der Waals surface area contributed by atoms with Gasteiger partial charge in [-0.2, -0.15) is 11.8 Å². The summed E-state index contributed by atoms with van der Waals surface area (Å²) in [6.07, 6.45) is 3.10. The van der Waals surface area contributed by atoms with Crippen molar-refractivity contribution in [2.24, 2.45) is 5.73 Å². The molecule has 22 heavy (non-hydrogen) atoms. The molecule has 0 spiro atoms. The van der Waals surface area contributed by atoms with E-state index in [4.69, 9.17) is 5.73 Å². The number of carbonyl (C=O) groups is 1. The van der Waals surface area contributed by atoms with Crippen molar-refractivity contribution in [3.05, 3.63) is 35.9 Å². The van der Waals surface area contributed by atoms with E-state index in [1.165, 1.54) is 18.4 Å². The Morgan fingerprint density at radius 2 is 2.00 bits per heavy atom. The van der Waals surface area contributed by atoms with Crippen LogP contribution in [0.15, 0.2) is 30.3 Å². The number of benzene rings is 1. The van der Waals surface area contributed by atoms with Crippen molar-refractivity contribution in [2.45, 2.75) is 38.1 Å². The van der Waals surface area contributed by atoms with E-state index in [1.54, 1.807) is 0 Å². The maximum Gasteiger partial charge on any atom is 0.223 e. The second kappa shape index (κ2) is 10.1. The van der Waals surface area contributed by atoms with E-state index >= 15 is 0 Å². The summed E-state index contributed by atoms with van der Waals surface area (Å²) in [6.45, 7) is 3.66. The van der Waals surface area contributed by atoms with Crippen LogP contribution in [-0.2, 0) is 4.79 Å². The average Bonchev–Trinajstić information content (AvgIpc) is 2.90. The summed E-state index contributed by atoms with van der Waals surface area (Å²) in [6, 6.07) is 10.4. The minimum Gasteiger partial charge on any atom is -0.340 e. The SMILES string of the molecule is CCCCSCCC(=O)N1C[C@@H](N)[C@H](c2ccccc2)C1.Cl. The first-order valence-electron chi connectivity index (χ1n) is 7.88. The van der Waals surface area contributed by atoms with Gasteiger partial charge in [0.15, 0.2) is 0 Å². The Kier molecular flexibility index (Phi) is 8.91. The Bertz CT molecular complexity index is 444. The number of amides is 1. The molecular formula is C17H27ClN2OS. The molecule has 0 unspecified atom stereocenters. The topological polar surface area (TPSA) is 46.3 Å². The number of nitrogens with zero attached hydrogens (tertiary/aromatic N) is 1. The maximum absolute atomic E-state index is 12.3. The van der Waals surface area contributed by atoms with E-state index in [0.29, 0.717) is 13.0 Å². The predicted octanol–water partition coefficient (Wildman–Crippen LogP) is 3.28. The third-order valence-corrected chi connectivity index (χ3v) is 5.12. The number of nitrogens with two attached hydrogens (primary N) is 1. The first kappa shape index (κ1) is 19.3. The molecule has 2 rings (SSSR count). The summed E-state index contributed by atoms with van der Waals surface area (Å²) in [5, 5.41) is 0. The second-order valence-corrected chi connectivity index (χ2v) is 6.92. The van der Waals surface area contributed by atoms with Crippen LogP contribution in [-0.4, -0.2) is 41.4 Å². The van der Waals surface area contributed by atoms with Gasteiger partial charge in [-0.15, -0.1) is 12.4 Å². The largest absolute Gasteiger partial charge is 0.340 e. The quantitative estimate of drug-likeness (QED) is 0.773. The van der Waals surface area contributed by atoms with E-state index in [-0.39, 0.29) is 30.3 Å². The average molecular weight is 343 g/mol. The van der Waals surface area contributed by atoms with Gasteiger partial charge in [-0.05, 0) is 17.7 Å². The molecule has 0 bridgehead atoms. The summed E-state index contributed by atoms with van der Waals surface area (Å²) >= 11 is 1.88. The van der Waals surface area contributed by atoms with Crippen LogP contribution in [0, 0.1) is 0 Å². The van der Waals surface area contributed by atoms with Crippen LogP contribution < -0.4 is 5.73 Å². The van der Waals surface area contributed by atoms with E-state index in [9.17, 15) is 4.79 Å². The Hall–Kier alpha value is -0.710. The lowest BCUT2D eigenvalue weighted by atomic mass is 9.95. The monoisotopic (exact) mass is 342 g/mol. The molecule has 124 valence electrons. The van der Waals surface area contributed by atoms with Crippen molar-refractivity contribution in [3.63, 3.8) is 0 Å². The summed E-state index contributed by atoms with van der Waals surface area (Å²) < 4.78 is 0. The molecule has 2 atom stereocenters. The van der Waals surface area contributed by atoms with E-state index in [2.05, 4.69) is 19.1 Å². The van der Waals surface area contributed by atoms with E-state index in [1.807, 2.05) is 34.9 Å². The lowest BCUT2D eigenvalue weighted by Crippen LogP contribution is -2.32. The normalized spacial score (nSPS) is 20.7. The van der Waals surface area contributed by atoms with Crippen molar-refractivity contribution < 1.29 is 4.79 Å². The van der Waals surface area contributed by atoms with Crippen LogP contribution >= 0.6 is 24.2 Å². The molecule has 1 saturated heterocycles. The Labute approximate surface area is 144 Å². The Morgan fingerprint density at radius 1 is 1.27 bits per heavy atom. The summed E-state index contributed by atoms with van der Waals surface area (Å²) in [7, 11) is 0. The van der Waals surface area contributed by atoms with Crippen LogP contribution in [0.25, 0.3) is 0 Å². The van der Waals surface area contributed by atoms with Gasteiger partial charge in [0, 0.05) is 37.2 Å². The number of rotatable bonds is 7. The third-order valence-electron chi connectivity index (χ3n) is 4.05. The molecular weight excluding hydrogens is 316 g/mol. The molecule has 0 saturated carbocycles. The minimum absolute atomic E-state index is 0. The third kappa shape index (κ3) is 5.49. The molecule has 0 aliphatic carbocycles. The van der Waals surface area contributed by atoms with Gasteiger partial charge in [0.05, 0.1) is 0 Å². The first-order chi connectivity index (χ1) is 10.2. The van der Waals surface area contributed by atoms with Crippen molar-refractivity contribution >= 4 is 30.1 Å². The zero-order valence-corrected chi connectivity index (χ0v) is 14.9. The summed E-state index contributed by atoms with van der Waals surface area (Å²) in [5.74, 6) is 2.63. The zero-order chi connectivity index (χ0) is 15.1. The molecule has 3 nitrogen and oxygen atoms in total. The fourth-order valence-corrected chi connectivity index (χ4v) is 3.77. The number of hydrogen-bond donors (Lipinski definition) is 1. The van der Waals surface area contributed by atoms with E-state index in [0.717, 1.165) is 18.1 Å². The number of likely N-dealkylation sites (tertiary alicyclic amines) is 1. The van der Waals surface area contributed by atoms with Crippen LogP contribution in [0.4, 0.5) is 0 Å². The number of hydrogen-bond acceptors (Lipinski definition) is 3. The number of thioether (sulfide) groups is 1. The smallest absolute Gasteiger partial charge is 0.223 e. The van der Waals surface area contributed by atoms with Crippen LogP contribution in [0.2, 0.25) is 0 Å². The molecule has 5 heteroatoms. The van der Waals surface area contributed by atoms with Crippen molar-refractivity contribution in [2.75, 3.05) is 24.6 Å². The molecule has 1 aliphatic heterocycles. The lowest BCUT2D eigenvalue weighted by molar-refractivity contribution is -0.129. The fraction of sp³-hybridized carbons (Fsp3) is 0.588. The lowest BCUT2D eigenvalue weighted by Gasteiger charge is -2.16. The summed E-state index contributed by atoms with van der Waals surface area (Å²) in [5.41, 5.74) is 7.48. The highest BCUT2D eigenvalue weighted by Gasteiger charge is 2.33. The molecule has 0 aromatic heterocycles. The molecule has 0 radical (unpaired) electrons. The molecule has 1 heterocycles. The van der Waals surface area contributed by atoms with Gasteiger partial charge < -0.3 is 10.6 Å². The van der Waals surface area contributed by atoms with Crippen molar-refractivity contribution in [1.82, 2.24) is 4.90 Å².